The molecule has 1 aliphatic heterocycles. The van der Waals surface area contributed by atoms with Crippen molar-refractivity contribution in [2.45, 2.75) is 12.5 Å². The molecule has 0 radical (unpaired) electrons. The molecule has 19 heavy (non-hydrogen) atoms. The normalized spacial score (nSPS) is 17.1. The third kappa shape index (κ3) is 2.22. The van der Waals surface area contributed by atoms with E-state index < -0.39 is 0 Å². The quantitative estimate of drug-likeness (QED) is 0.912. The van der Waals surface area contributed by atoms with Gasteiger partial charge >= 0.3 is 0 Å². The molecule has 1 heterocycles. The largest absolute Gasteiger partial charge is 0.488 e. The van der Waals surface area contributed by atoms with Gasteiger partial charge in [0, 0.05) is 24.1 Å². The van der Waals surface area contributed by atoms with Crippen molar-refractivity contribution in [3.63, 3.8) is 0 Å². The van der Waals surface area contributed by atoms with Crippen LogP contribution in [0.5, 0.6) is 5.75 Å². The first-order valence-corrected chi connectivity index (χ1v) is 6.47. The number of likely N-dealkylation sites (N-methyl/N-ethyl adjacent to an activating group) is 1. The Balaban J connectivity index is 2.03. The number of hydrogen-bond donors (Lipinski definition) is 1. The first-order valence-electron chi connectivity index (χ1n) is 6.47. The predicted octanol–water partition coefficient (Wildman–Crippen LogP) is 3.02. The Morgan fingerprint density at radius 3 is 2.74 bits per heavy atom. The highest BCUT2D eigenvalue weighted by Gasteiger charge is 2.25. The smallest absolute Gasteiger partial charge is 0.131 e. The van der Waals surface area contributed by atoms with Crippen molar-refractivity contribution in [3.8, 4) is 16.9 Å². The zero-order chi connectivity index (χ0) is 13.2. The molecule has 98 valence electrons. The van der Waals surface area contributed by atoms with Crippen LogP contribution in [0, 0.1) is 5.82 Å². The average Bonchev–Trinajstić information content (AvgIpc) is 2.82. The second-order valence-corrected chi connectivity index (χ2v) is 4.78. The van der Waals surface area contributed by atoms with Crippen LogP contribution >= 0.6 is 0 Å². The number of halogens is 1. The third-order valence-electron chi connectivity index (χ3n) is 3.42. The number of nitrogens with one attached hydrogen (secondary N) is 1. The zero-order valence-electron chi connectivity index (χ0n) is 10.8. The Morgan fingerprint density at radius 2 is 1.95 bits per heavy atom. The van der Waals surface area contributed by atoms with E-state index in [0.717, 1.165) is 29.8 Å². The fourth-order valence-electron chi connectivity index (χ4n) is 2.57. The molecule has 3 heteroatoms. The minimum atomic E-state index is -0.212. The monoisotopic (exact) mass is 257 g/mol. The summed E-state index contributed by atoms with van der Waals surface area (Å²) in [5, 5.41) is 3.12. The van der Waals surface area contributed by atoms with E-state index >= 15 is 0 Å². The number of hydrogen-bond acceptors (Lipinski definition) is 2. The van der Waals surface area contributed by atoms with E-state index in [0.29, 0.717) is 5.56 Å². The maximum Gasteiger partial charge on any atom is 0.131 e. The molecular weight excluding hydrogens is 241 g/mol. The number of fused-ring (bicyclic) bond motifs is 1. The number of benzene rings is 2. The Hall–Kier alpha value is -1.87. The zero-order valence-corrected chi connectivity index (χ0v) is 10.8. The lowest BCUT2D eigenvalue weighted by atomic mass is 10.0. The van der Waals surface area contributed by atoms with E-state index in [9.17, 15) is 4.39 Å². The van der Waals surface area contributed by atoms with Crippen molar-refractivity contribution in [3.05, 3.63) is 53.8 Å². The molecule has 0 saturated carbocycles. The van der Waals surface area contributed by atoms with E-state index in [-0.39, 0.29) is 11.9 Å². The molecule has 0 amide bonds. The highest BCUT2D eigenvalue weighted by molar-refractivity contribution is 5.73. The summed E-state index contributed by atoms with van der Waals surface area (Å²) in [5.41, 5.74) is 2.60. The Bertz CT molecular complexity index is 597. The third-order valence-corrected chi connectivity index (χ3v) is 3.42. The van der Waals surface area contributed by atoms with Crippen LogP contribution < -0.4 is 10.1 Å². The van der Waals surface area contributed by atoms with E-state index in [2.05, 4.69) is 11.4 Å². The van der Waals surface area contributed by atoms with Gasteiger partial charge in [-0.3, -0.25) is 0 Å². The molecule has 1 atom stereocenters. The molecule has 0 aliphatic carbocycles. The molecule has 1 N–H and O–H groups in total. The predicted molar refractivity (Wildman–Crippen MR) is 73.9 cm³/mol. The fourth-order valence-corrected chi connectivity index (χ4v) is 2.57. The van der Waals surface area contributed by atoms with Crippen LogP contribution in [0.3, 0.4) is 0 Å². The van der Waals surface area contributed by atoms with E-state index in [1.807, 2.05) is 25.2 Å². The van der Waals surface area contributed by atoms with Crippen LogP contribution in [0.15, 0.2) is 42.5 Å². The van der Waals surface area contributed by atoms with Gasteiger partial charge in [0.15, 0.2) is 0 Å². The van der Waals surface area contributed by atoms with Gasteiger partial charge in [0.25, 0.3) is 0 Å². The molecule has 0 unspecified atom stereocenters. The molecule has 0 fully saturated rings. The highest BCUT2D eigenvalue weighted by Crippen LogP contribution is 2.39. The highest BCUT2D eigenvalue weighted by atomic mass is 19.1. The SMILES string of the molecule is CNC[C@@H]1Cc2cccc(-c3ccccc3F)c2O1. The molecule has 1 aliphatic rings. The maximum absolute atomic E-state index is 13.9. The second kappa shape index (κ2) is 5.02. The molecule has 2 aromatic rings. The topological polar surface area (TPSA) is 21.3 Å². The molecular formula is C16H16FNO. The van der Waals surface area contributed by atoms with E-state index in [1.165, 1.54) is 6.07 Å². The summed E-state index contributed by atoms with van der Waals surface area (Å²) in [6.07, 6.45) is 1.01. The van der Waals surface area contributed by atoms with Crippen molar-refractivity contribution >= 4 is 0 Å². The summed E-state index contributed by atoms with van der Waals surface area (Å²) in [6, 6.07) is 12.7. The van der Waals surface area contributed by atoms with Gasteiger partial charge < -0.3 is 10.1 Å². The summed E-state index contributed by atoms with van der Waals surface area (Å²) in [5.74, 6) is 0.615. The fraction of sp³-hybridized carbons (Fsp3) is 0.250. The minimum Gasteiger partial charge on any atom is -0.488 e. The van der Waals surface area contributed by atoms with E-state index in [1.54, 1.807) is 12.1 Å². The Kier molecular flexibility index (Phi) is 3.22. The molecule has 0 aromatic heterocycles. The van der Waals surface area contributed by atoms with Crippen molar-refractivity contribution in [2.24, 2.45) is 0 Å². The average molecular weight is 257 g/mol. The summed E-state index contributed by atoms with van der Waals surface area (Å²) < 4.78 is 19.9. The summed E-state index contributed by atoms with van der Waals surface area (Å²) in [7, 11) is 1.91. The van der Waals surface area contributed by atoms with Gasteiger partial charge in [-0.2, -0.15) is 0 Å². The summed E-state index contributed by atoms with van der Waals surface area (Å²) >= 11 is 0. The van der Waals surface area contributed by atoms with Gasteiger partial charge in [-0.05, 0) is 18.7 Å². The Labute approximate surface area is 112 Å². The van der Waals surface area contributed by atoms with E-state index in [4.69, 9.17) is 4.74 Å². The van der Waals surface area contributed by atoms with Gasteiger partial charge in [0.2, 0.25) is 0 Å². The second-order valence-electron chi connectivity index (χ2n) is 4.78. The van der Waals surface area contributed by atoms with Crippen LogP contribution in [0.4, 0.5) is 4.39 Å². The standard InChI is InChI=1S/C16H16FNO/c1-18-10-12-9-11-5-4-7-14(16(11)19-12)13-6-2-3-8-15(13)17/h2-8,12,18H,9-10H2,1H3/t12-/m0/s1. The molecule has 0 saturated heterocycles. The lowest BCUT2D eigenvalue weighted by Crippen LogP contribution is -2.27. The van der Waals surface area contributed by atoms with Crippen LogP contribution in [-0.4, -0.2) is 19.7 Å². The number of ether oxygens (including phenoxy) is 1. The van der Waals surface area contributed by atoms with Crippen molar-refractivity contribution in [1.29, 1.82) is 0 Å². The molecule has 3 rings (SSSR count). The first kappa shape index (κ1) is 12.2. The van der Waals surface area contributed by atoms with Gasteiger partial charge in [-0.1, -0.05) is 36.4 Å². The molecule has 0 spiro atoms. The molecule has 2 aromatic carbocycles. The van der Waals surface area contributed by atoms with Crippen LogP contribution in [0.25, 0.3) is 11.1 Å². The van der Waals surface area contributed by atoms with Gasteiger partial charge in [0.05, 0.1) is 0 Å². The summed E-state index contributed by atoms with van der Waals surface area (Å²) in [6.45, 7) is 0.797. The lowest BCUT2D eigenvalue weighted by molar-refractivity contribution is 0.232. The van der Waals surface area contributed by atoms with Gasteiger partial charge in [0.1, 0.15) is 17.7 Å². The first-order chi connectivity index (χ1) is 9.29. The number of rotatable bonds is 3. The van der Waals surface area contributed by atoms with Crippen LogP contribution in [0.1, 0.15) is 5.56 Å². The van der Waals surface area contributed by atoms with Crippen molar-refractivity contribution in [1.82, 2.24) is 5.32 Å². The van der Waals surface area contributed by atoms with Crippen molar-refractivity contribution in [2.75, 3.05) is 13.6 Å². The van der Waals surface area contributed by atoms with Gasteiger partial charge in [-0.15, -0.1) is 0 Å². The minimum absolute atomic E-state index is 0.132. The number of para-hydroxylation sites is 1. The molecule has 2 nitrogen and oxygen atoms in total. The summed E-state index contributed by atoms with van der Waals surface area (Å²) in [4.78, 5) is 0. The molecule has 0 bridgehead atoms. The van der Waals surface area contributed by atoms with Crippen LogP contribution in [0.2, 0.25) is 0 Å². The lowest BCUT2D eigenvalue weighted by Gasteiger charge is -2.12. The Morgan fingerprint density at radius 1 is 1.16 bits per heavy atom. The van der Waals surface area contributed by atoms with Crippen LogP contribution in [-0.2, 0) is 6.42 Å². The maximum atomic E-state index is 13.9. The van der Waals surface area contributed by atoms with Crippen molar-refractivity contribution < 1.29 is 9.13 Å². The van der Waals surface area contributed by atoms with Gasteiger partial charge in [-0.25, -0.2) is 4.39 Å².